The van der Waals surface area contributed by atoms with E-state index in [1.54, 1.807) is 6.33 Å². The van der Waals surface area contributed by atoms with E-state index in [2.05, 4.69) is 27.4 Å². The minimum atomic E-state index is 1.07. The molecule has 66 valence electrons. The molecule has 0 saturated carbocycles. The number of anilines is 1. The van der Waals surface area contributed by atoms with E-state index in [0.29, 0.717) is 0 Å². The van der Waals surface area contributed by atoms with Crippen molar-refractivity contribution in [3.63, 3.8) is 0 Å². The fraction of sp³-hybridized carbons (Fsp3) is 0.300. The van der Waals surface area contributed by atoms with Crippen LogP contribution in [0.25, 0.3) is 11.0 Å². The zero-order valence-electron chi connectivity index (χ0n) is 7.30. The molecule has 0 spiro atoms. The van der Waals surface area contributed by atoms with Crippen LogP contribution >= 0.6 is 0 Å². The number of imidazole rings is 1. The average Bonchev–Trinajstić information content (AvgIpc) is 2.65. The normalized spacial score (nSPS) is 15.4. The van der Waals surface area contributed by atoms with Crippen LogP contribution in [-0.2, 0) is 6.42 Å². The quantitative estimate of drug-likeness (QED) is 0.639. The Bertz CT molecular complexity index is 444. The molecule has 3 nitrogen and oxygen atoms in total. The Morgan fingerprint density at radius 2 is 2.31 bits per heavy atom. The largest absolute Gasteiger partial charge is 0.383 e. The zero-order chi connectivity index (χ0) is 8.67. The molecule has 0 aliphatic carbocycles. The van der Waals surface area contributed by atoms with Crippen molar-refractivity contribution in [1.82, 2.24) is 9.97 Å². The van der Waals surface area contributed by atoms with Crippen LogP contribution in [0.1, 0.15) is 12.0 Å². The second-order valence-corrected chi connectivity index (χ2v) is 3.43. The number of fused-ring (bicyclic) bond motifs is 3. The lowest BCUT2D eigenvalue weighted by Gasteiger charge is -2.17. The first-order chi connectivity index (χ1) is 6.45. The van der Waals surface area contributed by atoms with Gasteiger partial charge in [-0.25, -0.2) is 4.98 Å². The third-order valence-corrected chi connectivity index (χ3v) is 2.60. The predicted octanol–water partition coefficient (Wildman–Crippen LogP) is 1.92. The Kier molecular flexibility index (Phi) is 1.33. The van der Waals surface area contributed by atoms with Crippen LogP contribution in [-0.4, -0.2) is 16.5 Å². The summed E-state index contributed by atoms with van der Waals surface area (Å²) in [5.41, 5.74) is 4.82. The van der Waals surface area contributed by atoms with Gasteiger partial charge in [0.1, 0.15) is 5.52 Å². The zero-order valence-corrected chi connectivity index (χ0v) is 7.30. The van der Waals surface area contributed by atoms with Crippen molar-refractivity contribution in [2.45, 2.75) is 12.8 Å². The Morgan fingerprint density at radius 1 is 1.31 bits per heavy atom. The lowest BCUT2D eigenvalue weighted by molar-refractivity contribution is 0.832. The number of rotatable bonds is 0. The Hall–Kier alpha value is -1.51. The number of hydrogen-bond acceptors (Lipinski definition) is 2. The van der Waals surface area contributed by atoms with E-state index in [1.165, 1.54) is 24.1 Å². The Labute approximate surface area is 76.2 Å². The first-order valence-corrected chi connectivity index (χ1v) is 4.64. The van der Waals surface area contributed by atoms with Gasteiger partial charge in [-0.15, -0.1) is 0 Å². The molecule has 13 heavy (non-hydrogen) atoms. The van der Waals surface area contributed by atoms with Gasteiger partial charge in [0.2, 0.25) is 0 Å². The third kappa shape index (κ3) is 0.932. The minimum absolute atomic E-state index is 1.07. The van der Waals surface area contributed by atoms with Crippen molar-refractivity contribution in [2.75, 3.05) is 11.9 Å². The first-order valence-electron chi connectivity index (χ1n) is 4.64. The molecule has 0 saturated heterocycles. The maximum Gasteiger partial charge on any atom is 0.112 e. The molecule has 1 aliphatic heterocycles. The average molecular weight is 173 g/mol. The van der Waals surface area contributed by atoms with E-state index in [9.17, 15) is 0 Å². The molecular formula is C10H11N3. The molecule has 0 radical (unpaired) electrons. The Balaban J connectivity index is 2.34. The van der Waals surface area contributed by atoms with Crippen LogP contribution in [0, 0.1) is 0 Å². The highest BCUT2D eigenvalue weighted by Crippen LogP contribution is 2.28. The summed E-state index contributed by atoms with van der Waals surface area (Å²) in [6, 6.07) is 4.29. The molecule has 0 atom stereocenters. The molecule has 0 amide bonds. The SMILES string of the molecule is c1nc2c3c(ccc2[nH]1)CCCN3. The number of aromatic nitrogens is 2. The maximum atomic E-state index is 4.31. The second-order valence-electron chi connectivity index (χ2n) is 3.43. The topological polar surface area (TPSA) is 40.7 Å². The van der Waals surface area contributed by atoms with E-state index in [0.717, 1.165) is 17.6 Å². The van der Waals surface area contributed by atoms with E-state index in [1.807, 2.05) is 0 Å². The monoisotopic (exact) mass is 173 g/mol. The molecule has 2 heterocycles. The fourth-order valence-electron chi connectivity index (χ4n) is 1.95. The molecule has 1 aromatic heterocycles. The van der Waals surface area contributed by atoms with Gasteiger partial charge < -0.3 is 10.3 Å². The van der Waals surface area contributed by atoms with E-state index >= 15 is 0 Å². The summed E-state index contributed by atoms with van der Waals surface area (Å²) in [4.78, 5) is 7.43. The van der Waals surface area contributed by atoms with Crippen molar-refractivity contribution in [1.29, 1.82) is 0 Å². The molecule has 0 fully saturated rings. The molecular weight excluding hydrogens is 162 g/mol. The number of benzene rings is 1. The molecule has 1 aliphatic rings. The molecule has 2 N–H and O–H groups in total. The van der Waals surface area contributed by atoms with Gasteiger partial charge in [0.15, 0.2) is 0 Å². The van der Waals surface area contributed by atoms with Crippen molar-refractivity contribution in [3.05, 3.63) is 24.0 Å². The summed E-state index contributed by atoms with van der Waals surface area (Å²) in [6.07, 6.45) is 4.15. The first kappa shape index (κ1) is 6.95. The second kappa shape index (κ2) is 2.49. The van der Waals surface area contributed by atoms with Crippen LogP contribution in [0.3, 0.4) is 0 Å². The number of hydrogen-bond donors (Lipinski definition) is 2. The lowest BCUT2D eigenvalue weighted by Crippen LogP contribution is -2.11. The number of nitrogens with one attached hydrogen (secondary N) is 2. The lowest BCUT2D eigenvalue weighted by atomic mass is 10.0. The van der Waals surface area contributed by atoms with Crippen molar-refractivity contribution in [3.8, 4) is 0 Å². The van der Waals surface area contributed by atoms with Crippen LogP contribution in [0.2, 0.25) is 0 Å². The minimum Gasteiger partial charge on any atom is -0.383 e. The molecule has 3 heteroatoms. The van der Waals surface area contributed by atoms with Crippen LogP contribution < -0.4 is 5.32 Å². The van der Waals surface area contributed by atoms with Gasteiger partial charge in [-0.2, -0.15) is 0 Å². The molecule has 0 unspecified atom stereocenters. The third-order valence-electron chi connectivity index (χ3n) is 2.60. The number of aryl methyl sites for hydroxylation is 1. The van der Waals surface area contributed by atoms with Crippen LogP contribution in [0.4, 0.5) is 5.69 Å². The van der Waals surface area contributed by atoms with Crippen LogP contribution in [0.15, 0.2) is 18.5 Å². The predicted molar refractivity (Wildman–Crippen MR) is 52.9 cm³/mol. The molecule has 3 rings (SSSR count). The summed E-state index contributed by atoms with van der Waals surface area (Å²) in [7, 11) is 0. The van der Waals surface area contributed by atoms with Gasteiger partial charge in [-0.05, 0) is 24.5 Å². The summed E-state index contributed by atoms with van der Waals surface area (Å²) in [6.45, 7) is 1.07. The van der Waals surface area contributed by atoms with Gasteiger partial charge in [0.05, 0.1) is 17.5 Å². The van der Waals surface area contributed by atoms with Crippen molar-refractivity contribution in [2.24, 2.45) is 0 Å². The van der Waals surface area contributed by atoms with E-state index in [4.69, 9.17) is 0 Å². The summed E-state index contributed by atoms with van der Waals surface area (Å²) < 4.78 is 0. The Morgan fingerprint density at radius 3 is 3.31 bits per heavy atom. The maximum absolute atomic E-state index is 4.31. The van der Waals surface area contributed by atoms with Gasteiger partial charge in [0, 0.05) is 6.54 Å². The summed E-state index contributed by atoms with van der Waals surface area (Å²) in [5, 5.41) is 3.41. The fourth-order valence-corrected chi connectivity index (χ4v) is 1.95. The summed E-state index contributed by atoms with van der Waals surface area (Å²) in [5.74, 6) is 0. The van der Waals surface area contributed by atoms with Crippen molar-refractivity contribution < 1.29 is 0 Å². The van der Waals surface area contributed by atoms with Gasteiger partial charge in [-0.1, -0.05) is 6.07 Å². The van der Waals surface area contributed by atoms with Crippen LogP contribution in [0.5, 0.6) is 0 Å². The number of nitrogens with zero attached hydrogens (tertiary/aromatic N) is 1. The van der Waals surface area contributed by atoms with Crippen molar-refractivity contribution >= 4 is 16.7 Å². The number of aromatic amines is 1. The molecule has 0 bridgehead atoms. The standard InChI is InChI=1S/C10H11N3/c1-2-7-3-4-8-10(13-6-12-8)9(7)11-5-1/h3-4,6,11H,1-2,5H2,(H,12,13). The number of H-pyrrole nitrogens is 1. The van der Waals surface area contributed by atoms with Gasteiger partial charge >= 0.3 is 0 Å². The van der Waals surface area contributed by atoms with E-state index in [-0.39, 0.29) is 0 Å². The highest BCUT2D eigenvalue weighted by Gasteiger charge is 2.12. The van der Waals surface area contributed by atoms with E-state index < -0.39 is 0 Å². The summed E-state index contributed by atoms with van der Waals surface area (Å²) >= 11 is 0. The highest BCUT2D eigenvalue weighted by atomic mass is 14.9. The molecule has 2 aromatic rings. The smallest absolute Gasteiger partial charge is 0.112 e. The van der Waals surface area contributed by atoms with Gasteiger partial charge in [-0.3, -0.25) is 0 Å². The van der Waals surface area contributed by atoms with Gasteiger partial charge in [0.25, 0.3) is 0 Å². The molecule has 1 aromatic carbocycles. The highest BCUT2D eigenvalue weighted by molar-refractivity contribution is 5.90.